The third-order valence-corrected chi connectivity index (χ3v) is 4.20. The second-order valence-electron chi connectivity index (χ2n) is 5.58. The summed E-state index contributed by atoms with van der Waals surface area (Å²) in [4.78, 5) is 4.57. The number of aromatic nitrogens is 1. The maximum Gasteiger partial charge on any atom is 0.0725 e. The zero-order valence-electron chi connectivity index (χ0n) is 12.7. The van der Waals surface area contributed by atoms with Crippen molar-refractivity contribution in [3.8, 4) is 0 Å². The Balaban J connectivity index is 1.78. The van der Waals surface area contributed by atoms with Crippen LogP contribution in [0.3, 0.4) is 0 Å². The Morgan fingerprint density at radius 1 is 1.19 bits per heavy atom. The number of ether oxygens (including phenoxy) is 1. The molecule has 110 valence electrons. The number of aryl methyl sites for hydroxylation is 1. The SMILES string of the molecule is CCc1ccc(CC(NC)c2ccc3c(c2)COC3)nc1. The van der Waals surface area contributed by atoms with Crippen LogP contribution in [0.15, 0.2) is 36.5 Å². The fourth-order valence-corrected chi connectivity index (χ4v) is 2.79. The highest BCUT2D eigenvalue weighted by Gasteiger charge is 2.16. The third-order valence-electron chi connectivity index (χ3n) is 4.20. The Labute approximate surface area is 126 Å². The number of hydrogen-bond acceptors (Lipinski definition) is 3. The molecule has 3 heteroatoms. The summed E-state index contributed by atoms with van der Waals surface area (Å²) >= 11 is 0. The van der Waals surface area contributed by atoms with Crippen LogP contribution in [0.4, 0.5) is 0 Å². The number of hydrogen-bond donors (Lipinski definition) is 1. The van der Waals surface area contributed by atoms with Gasteiger partial charge in [0.15, 0.2) is 0 Å². The summed E-state index contributed by atoms with van der Waals surface area (Å²) in [6.07, 6.45) is 3.92. The standard InChI is InChI=1S/C18H22N2O/c1-3-13-4-7-17(20-10-13)9-18(19-2)14-5-6-15-11-21-12-16(15)8-14/h4-8,10,18-19H,3,9,11-12H2,1-2H3. The second kappa shape index (κ2) is 6.37. The monoisotopic (exact) mass is 282 g/mol. The van der Waals surface area contributed by atoms with Crippen molar-refractivity contribution in [3.05, 3.63) is 64.5 Å². The molecule has 21 heavy (non-hydrogen) atoms. The molecule has 0 spiro atoms. The molecule has 3 nitrogen and oxygen atoms in total. The molecule has 0 fully saturated rings. The Morgan fingerprint density at radius 3 is 2.76 bits per heavy atom. The molecule has 1 aliphatic rings. The van der Waals surface area contributed by atoms with Gasteiger partial charge < -0.3 is 10.1 Å². The number of fused-ring (bicyclic) bond motifs is 1. The zero-order valence-corrected chi connectivity index (χ0v) is 12.7. The highest BCUT2D eigenvalue weighted by Crippen LogP contribution is 2.25. The molecule has 0 radical (unpaired) electrons. The van der Waals surface area contributed by atoms with Gasteiger partial charge in [-0.05, 0) is 41.8 Å². The lowest BCUT2D eigenvalue weighted by Gasteiger charge is -2.17. The highest BCUT2D eigenvalue weighted by atomic mass is 16.5. The lowest BCUT2D eigenvalue weighted by atomic mass is 9.97. The van der Waals surface area contributed by atoms with Crippen molar-refractivity contribution in [2.45, 2.75) is 39.0 Å². The first kappa shape index (κ1) is 14.2. The van der Waals surface area contributed by atoms with E-state index >= 15 is 0 Å². The van der Waals surface area contributed by atoms with Gasteiger partial charge in [-0.25, -0.2) is 0 Å². The maximum atomic E-state index is 5.49. The molecular formula is C18H22N2O. The molecule has 2 aromatic rings. The second-order valence-corrected chi connectivity index (χ2v) is 5.58. The number of nitrogens with zero attached hydrogens (tertiary/aromatic N) is 1. The van der Waals surface area contributed by atoms with Gasteiger partial charge in [0, 0.05) is 24.4 Å². The van der Waals surface area contributed by atoms with Crippen molar-refractivity contribution in [1.29, 1.82) is 0 Å². The fraction of sp³-hybridized carbons (Fsp3) is 0.389. The average molecular weight is 282 g/mol. The van der Waals surface area contributed by atoms with Crippen LogP contribution in [-0.4, -0.2) is 12.0 Å². The van der Waals surface area contributed by atoms with E-state index in [0.29, 0.717) is 0 Å². The van der Waals surface area contributed by atoms with E-state index in [-0.39, 0.29) is 6.04 Å². The molecule has 2 heterocycles. The molecular weight excluding hydrogens is 260 g/mol. The summed E-state index contributed by atoms with van der Waals surface area (Å²) in [6, 6.07) is 11.3. The first-order valence-corrected chi connectivity index (χ1v) is 7.60. The van der Waals surface area contributed by atoms with Crippen LogP contribution in [0.2, 0.25) is 0 Å². The Morgan fingerprint density at radius 2 is 2.05 bits per heavy atom. The van der Waals surface area contributed by atoms with Crippen molar-refractivity contribution >= 4 is 0 Å². The minimum absolute atomic E-state index is 0.288. The van der Waals surface area contributed by atoms with E-state index in [1.807, 2.05) is 13.2 Å². The Hall–Kier alpha value is -1.71. The van der Waals surface area contributed by atoms with Crippen molar-refractivity contribution in [2.24, 2.45) is 0 Å². The van der Waals surface area contributed by atoms with Gasteiger partial charge in [-0.2, -0.15) is 0 Å². The van der Waals surface area contributed by atoms with E-state index in [0.717, 1.165) is 31.7 Å². The molecule has 3 rings (SSSR count). The van der Waals surface area contributed by atoms with Gasteiger partial charge >= 0.3 is 0 Å². The van der Waals surface area contributed by atoms with Gasteiger partial charge in [0.05, 0.1) is 13.2 Å². The summed E-state index contributed by atoms with van der Waals surface area (Å²) in [7, 11) is 2.01. The summed E-state index contributed by atoms with van der Waals surface area (Å²) in [6.45, 7) is 3.64. The largest absolute Gasteiger partial charge is 0.372 e. The first-order valence-electron chi connectivity index (χ1n) is 7.60. The summed E-state index contributed by atoms with van der Waals surface area (Å²) in [5, 5.41) is 3.41. The van der Waals surface area contributed by atoms with Crippen LogP contribution in [0.1, 0.15) is 40.9 Å². The molecule has 0 bridgehead atoms. The molecule has 1 aromatic carbocycles. The Bertz CT molecular complexity index is 607. The molecule has 0 saturated heterocycles. The molecule has 0 saturated carbocycles. The number of likely N-dealkylation sites (N-methyl/N-ethyl adjacent to an activating group) is 1. The molecule has 1 aliphatic heterocycles. The zero-order chi connectivity index (χ0) is 14.7. The van der Waals surface area contributed by atoms with Crippen LogP contribution in [0.5, 0.6) is 0 Å². The van der Waals surface area contributed by atoms with E-state index in [1.54, 1.807) is 0 Å². The van der Waals surface area contributed by atoms with Crippen molar-refractivity contribution in [2.75, 3.05) is 7.05 Å². The number of benzene rings is 1. The van der Waals surface area contributed by atoms with Gasteiger partial charge in [0.2, 0.25) is 0 Å². The highest BCUT2D eigenvalue weighted by molar-refractivity contribution is 5.35. The van der Waals surface area contributed by atoms with Crippen LogP contribution >= 0.6 is 0 Å². The fourth-order valence-electron chi connectivity index (χ4n) is 2.79. The van der Waals surface area contributed by atoms with E-state index in [4.69, 9.17) is 4.74 Å². The van der Waals surface area contributed by atoms with Crippen molar-refractivity contribution in [3.63, 3.8) is 0 Å². The molecule has 1 atom stereocenters. The molecule has 1 unspecified atom stereocenters. The number of pyridine rings is 1. The van der Waals surface area contributed by atoms with Crippen LogP contribution in [0, 0.1) is 0 Å². The minimum Gasteiger partial charge on any atom is -0.372 e. The van der Waals surface area contributed by atoms with Crippen LogP contribution < -0.4 is 5.32 Å². The summed E-state index contributed by atoms with van der Waals surface area (Å²) in [5.74, 6) is 0. The first-order chi connectivity index (χ1) is 10.3. The molecule has 0 aliphatic carbocycles. The van der Waals surface area contributed by atoms with Gasteiger partial charge in [0.25, 0.3) is 0 Å². The van der Waals surface area contributed by atoms with E-state index in [2.05, 4.69) is 47.6 Å². The van der Waals surface area contributed by atoms with Gasteiger partial charge in [0.1, 0.15) is 0 Å². The average Bonchev–Trinajstić information content (AvgIpc) is 3.00. The number of rotatable bonds is 5. The van der Waals surface area contributed by atoms with Crippen LogP contribution in [-0.2, 0) is 30.8 Å². The predicted molar refractivity (Wildman–Crippen MR) is 84.1 cm³/mol. The van der Waals surface area contributed by atoms with Gasteiger partial charge in [-0.3, -0.25) is 4.98 Å². The normalized spacial score (nSPS) is 15.0. The lowest BCUT2D eigenvalue weighted by Crippen LogP contribution is -2.19. The molecule has 1 aromatic heterocycles. The maximum absolute atomic E-state index is 5.49. The van der Waals surface area contributed by atoms with E-state index in [1.165, 1.54) is 22.3 Å². The van der Waals surface area contributed by atoms with E-state index < -0.39 is 0 Å². The third kappa shape index (κ3) is 3.14. The van der Waals surface area contributed by atoms with Gasteiger partial charge in [-0.15, -0.1) is 0 Å². The molecule has 0 amide bonds. The smallest absolute Gasteiger partial charge is 0.0725 e. The summed E-state index contributed by atoms with van der Waals surface area (Å²) in [5.41, 5.74) is 6.36. The number of nitrogens with one attached hydrogen (secondary N) is 1. The van der Waals surface area contributed by atoms with E-state index in [9.17, 15) is 0 Å². The lowest BCUT2D eigenvalue weighted by molar-refractivity contribution is 0.134. The minimum atomic E-state index is 0.288. The van der Waals surface area contributed by atoms with Gasteiger partial charge in [-0.1, -0.05) is 31.2 Å². The topological polar surface area (TPSA) is 34.1 Å². The molecule has 1 N–H and O–H groups in total. The van der Waals surface area contributed by atoms with Crippen molar-refractivity contribution < 1.29 is 4.74 Å². The predicted octanol–water partition coefficient (Wildman–Crippen LogP) is 3.18. The summed E-state index contributed by atoms with van der Waals surface area (Å²) < 4.78 is 5.49. The van der Waals surface area contributed by atoms with Crippen LogP contribution in [0.25, 0.3) is 0 Å². The quantitative estimate of drug-likeness (QED) is 0.914. The Kier molecular flexibility index (Phi) is 4.32. The van der Waals surface area contributed by atoms with Crippen molar-refractivity contribution in [1.82, 2.24) is 10.3 Å².